The van der Waals surface area contributed by atoms with Crippen molar-refractivity contribution >= 4 is 11.8 Å². The molecule has 2 atom stereocenters. The van der Waals surface area contributed by atoms with E-state index in [1.807, 2.05) is 31.2 Å². The van der Waals surface area contributed by atoms with E-state index in [4.69, 9.17) is 4.74 Å². The minimum atomic E-state index is -4.12. The first kappa shape index (κ1) is 16.5. The van der Waals surface area contributed by atoms with Gasteiger partial charge >= 0.3 is 6.18 Å². The van der Waals surface area contributed by atoms with Gasteiger partial charge in [-0.05, 0) is 31.5 Å². The van der Waals surface area contributed by atoms with Gasteiger partial charge in [0.15, 0.2) is 0 Å². The number of hydrogen-bond donors (Lipinski definition) is 1. The fourth-order valence-electron chi connectivity index (χ4n) is 2.30. The van der Waals surface area contributed by atoms with Gasteiger partial charge in [0.25, 0.3) is 0 Å². The van der Waals surface area contributed by atoms with Crippen LogP contribution in [0.2, 0.25) is 0 Å². The van der Waals surface area contributed by atoms with E-state index in [2.05, 4.69) is 5.32 Å². The van der Waals surface area contributed by atoms with Gasteiger partial charge in [-0.1, -0.05) is 19.1 Å². The summed E-state index contributed by atoms with van der Waals surface area (Å²) in [5, 5.41) is 3.20. The highest BCUT2D eigenvalue weighted by atomic mass is 32.2. The summed E-state index contributed by atoms with van der Waals surface area (Å²) >= 11 is 1.65. The summed E-state index contributed by atoms with van der Waals surface area (Å²) in [5.41, 5.74) is 0. The number of para-hydroxylation sites is 1. The van der Waals surface area contributed by atoms with Crippen LogP contribution in [0.1, 0.15) is 26.2 Å². The summed E-state index contributed by atoms with van der Waals surface area (Å²) in [4.78, 5) is 1.05. The molecule has 2 rings (SSSR count). The lowest BCUT2D eigenvalue weighted by Crippen LogP contribution is -2.46. The zero-order valence-corrected chi connectivity index (χ0v) is 12.8. The maximum absolute atomic E-state index is 12.5. The molecule has 0 aromatic heterocycles. The Morgan fingerprint density at radius 3 is 2.86 bits per heavy atom. The molecule has 0 radical (unpaired) electrons. The molecular formula is C15H20F3NOS. The van der Waals surface area contributed by atoms with Crippen LogP contribution >= 0.6 is 11.8 Å². The molecule has 1 heterocycles. The van der Waals surface area contributed by atoms with E-state index in [1.165, 1.54) is 0 Å². The molecule has 1 aliphatic rings. The van der Waals surface area contributed by atoms with Crippen molar-refractivity contribution in [3.05, 3.63) is 24.3 Å². The molecule has 1 N–H and O–H groups in total. The minimum Gasteiger partial charge on any atom is -0.487 e. The molecule has 6 heteroatoms. The van der Waals surface area contributed by atoms with Crippen molar-refractivity contribution < 1.29 is 17.9 Å². The molecule has 0 fully saturated rings. The Bertz CT molecular complexity index is 453. The Morgan fingerprint density at radius 1 is 1.38 bits per heavy atom. The van der Waals surface area contributed by atoms with Crippen molar-refractivity contribution in [2.75, 3.05) is 12.3 Å². The predicted octanol–water partition coefficient (Wildman–Crippen LogP) is 4.25. The van der Waals surface area contributed by atoms with Gasteiger partial charge < -0.3 is 10.1 Å². The van der Waals surface area contributed by atoms with Crippen molar-refractivity contribution in [2.45, 2.75) is 49.4 Å². The van der Waals surface area contributed by atoms with E-state index in [0.717, 1.165) is 17.1 Å². The molecule has 0 amide bonds. The van der Waals surface area contributed by atoms with Crippen LogP contribution in [0.15, 0.2) is 29.2 Å². The van der Waals surface area contributed by atoms with E-state index in [0.29, 0.717) is 12.3 Å². The number of rotatable bonds is 6. The number of fused-ring (bicyclic) bond motifs is 1. The van der Waals surface area contributed by atoms with E-state index in [9.17, 15) is 13.2 Å². The lowest BCUT2D eigenvalue weighted by molar-refractivity contribution is -0.137. The zero-order valence-electron chi connectivity index (χ0n) is 12.0. The molecule has 118 valence electrons. The Hall–Kier alpha value is -0.880. The first-order valence-electron chi connectivity index (χ1n) is 7.18. The topological polar surface area (TPSA) is 21.3 Å². The summed E-state index contributed by atoms with van der Waals surface area (Å²) in [6.45, 7) is 2.70. The number of hydrogen-bond acceptors (Lipinski definition) is 3. The molecule has 0 spiro atoms. The van der Waals surface area contributed by atoms with E-state index in [1.54, 1.807) is 11.8 Å². The summed E-state index contributed by atoms with van der Waals surface area (Å²) in [7, 11) is 0. The van der Waals surface area contributed by atoms with Crippen molar-refractivity contribution in [1.29, 1.82) is 0 Å². The third kappa shape index (κ3) is 5.11. The van der Waals surface area contributed by atoms with Gasteiger partial charge in [-0.15, -0.1) is 11.8 Å². The zero-order chi connectivity index (χ0) is 15.3. The smallest absolute Gasteiger partial charge is 0.389 e. The highest BCUT2D eigenvalue weighted by Gasteiger charge is 2.33. The van der Waals surface area contributed by atoms with E-state index >= 15 is 0 Å². The van der Waals surface area contributed by atoms with Gasteiger partial charge in [-0.25, -0.2) is 0 Å². The molecule has 1 aromatic rings. The first-order chi connectivity index (χ1) is 9.99. The normalized spacial score (nSPS) is 19.7. The highest BCUT2D eigenvalue weighted by Crippen LogP contribution is 2.36. The number of nitrogens with one attached hydrogen (secondary N) is 1. The lowest BCUT2D eigenvalue weighted by atomic mass is 10.1. The second-order valence-corrected chi connectivity index (χ2v) is 6.19. The molecule has 0 saturated carbocycles. The minimum absolute atomic E-state index is 0.0525. The van der Waals surface area contributed by atoms with Crippen molar-refractivity contribution in [3.63, 3.8) is 0 Å². The van der Waals surface area contributed by atoms with Crippen LogP contribution in [0.25, 0.3) is 0 Å². The van der Waals surface area contributed by atoms with Gasteiger partial charge in [0.05, 0.1) is 0 Å². The molecular weight excluding hydrogens is 299 g/mol. The lowest BCUT2D eigenvalue weighted by Gasteiger charge is -2.32. The van der Waals surface area contributed by atoms with Crippen molar-refractivity contribution in [1.82, 2.24) is 5.32 Å². The van der Waals surface area contributed by atoms with Crippen molar-refractivity contribution in [3.8, 4) is 5.75 Å². The summed E-state index contributed by atoms with van der Waals surface area (Å²) in [6, 6.07) is 7.39. The number of halogens is 3. The van der Waals surface area contributed by atoms with Crippen LogP contribution in [-0.2, 0) is 0 Å². The maximum Gasteiger partial charge on any atom is 0.389 e. The molecule has 1 aliphatic heterocycles. The summed E-state index contributed by atoms with van der Waals surface area (Å²) < 4.78 is 43.3. The van der Waals surface area contributed by atoms with Crippen LogP contribution in [0.4, 0.5) is 13.2 Å². The number of alkyl halides is 3. The van der Waals surface area contributed by atoms with Gasteiger partial charge in [0.1, 0.15) is 11.9 Å². The number of thioether (sulfide) groups is 1. The SMILES string of the molecule is CCCNC(CCC(F)(F)F)C1CSc2ccccc2O1. The number of benzene rings is 1. The van der Waals surface area contributed by atoms with Gasteiger partial charge in [-0.2, -0.15) is 13.2 Å². The molecule has 0 aliphatic carbocycles. The molecule has 1 aromatic carbocycles. The van der Waals surface area contributed by atoms with Gasteiger partial charge in [0, 0.05) is 23.1 Å². The van der Waals surface area contributed by atoms with E-state index < -0.39 is 12.6 Å². The second-order valence-electron chi connectivity index (χ2n) is 5.13. The fourth-order valence-corrected chi connectivity index (χ4v) is 3.38. The Labute approximate surface area is 127 Å². The highest BCUT2D eigenvalue weighted by molar-refractivity contribution is 7.99. The Balaban J connectivity index is 2.00. The molecule has 0 saturated heterocycles. The largest absolute Gasteiger partial charge is 0.487 e. The van der Waals surface area contributed by atoms with Gasteiger partial charge in [-0.3, -0.25) is 0 Å². The standard InChI is InChI=1S/C15H20F3NOS/c1-2-9-19-11(7-8-15(16,17)18)13-10-21-14-6-4-3-5-12(14)20-13/h3-6,11,13,19H,2,7-10H2,1H3. The Kier molecular flexibility index (Phi) is 5.81. The summed E-state index contributed by atoms with van der Waals surface area (Å²) in [6.07, 6.45) is -4.18. The van der Waals surface area contributed by atoms with Crippen LogP contribution in [0.5, 0.6) is 5.75 Å². The molecule has 2 nitrogen and oxygen atoms in total. The first-order valence-corrected chi connectivity index (χ1v) is 8.17. The second kappa shape index (κ2) is 7.40. The van der Waals surface area contributed by atoms with Crippen molar-refractivity contribution in [2.24, 2.45) is 0 Å². The average molecular weight is 319 g/mol. The average Bonchev–Trinajstić information content (AvgIpc) is 2.46. The number of ether oxygens (including phenoxy) is 1. The molecule has 2 unspecified atom stereocenters. The van der Waals surface area contributed by atoms with Crippen LogP contribution in [-0.4, -0.2) is 30.6 Å². The fraction of sp³-hybridized carbons (Fsp3) is 0.600. The van der Waals surface area contributed by atoms with Crippen LogP contribution < -0.4 is 10.1 Å². The maximum atomic E-state index is 12.5. The third-order valence-electron chi connectivity index (χ3n) is 3.37. The van der Waals surface area contributed by atoms with Gasteiger partial charge in [0.2, 0.25) is 0 Å². The monoisotopic (exact) mass is 319 g/mol. The Morgan fingerprint density at radius 2 is 2.14 bits per heavy atom. The van der Waals surface area contributed by atoms with Crippen LogP contribution in [0.3, 0.4) is 0 Å². The molecule has 21 heavy (non-hydrogen) atoms. The third-order valence-corrected chi connectivity index (χ3v) is 4.52. The summed E-state index contributed by atoms with van der Waals surface area (Å²) in [5.74, 6) is 1.45. The quantitative estimate of drug-likeness (QED) is 0.847. The molecule has 0 bridgehead atoms. The van der Waals surface area contributed by atoms with Crippen LogP contribution in [0, 0.1) is 0 Å². The predicted molar refractivity (Wildman–Crippen MR) is 79.0 cm³/mol. The van der Waals surface area contributed by atoms with E-state index in [-0.39, 0.29) is 18.6 Å².